The number of aromatic amines is 1. The second kappa shape index (κ2) is 8.11. The van der Waals surface area contributed by atoms with Gasteiger partial charge in [-0.2, -0.15) is 9.97 Å². The molecule has 0 aliphatic rings. The molecule has 0 atom stereocenters. The summed E-state index contributed by atoms with van der Waals surface area (Å²) in [6.45, 7) is 7.93. The van der Waals surface area contributed by atoms with Gasteiger partial charge in [0.15, 0.2) is 11.5 Å². The highest BCUT2D eigenvalue weighted by Gasteiger charge is 2.15. The average Bonchev–Trinajstić information content (AvgIpc) is 2.93. The molecule has 2 aromatic rings. The van der Waals surface area contributed by atoms with Gasteiger partial charge in [-0.1, -0.05) is 0 Å². The molecule has 1 N–H and O–H groups in total. The standard InChI is InChI=1S/C13H20ClN5O2/c1-3-20-7-5-19(6-8-21-4-2)12-10-11(16-9-15-10)17-13(14)18-12/h9H,3-8H2,1-2H3,(H,15,16,17,18). The lowest BCUT2D eigenvalue weighted by Crippen LogP contribution is -2.32. The predicted molar refractivity (Wildman–Crippen MR) is 81.9 cm³/mol. The van der Waals surface area contributed by atoms with Crippen LogP contribution in [0.4, 0.5) is 5.82 Å². The molecule has 2 heterocycles. The van der Waals surface area contributed by atoms with Crippen LogP contribution in [0, 0.1) is 0 Å². The SMILES string of the molecule is CCOCCN(CCOCC)c1nc(Cl)nc2nc[nH]c12. The molecular weight excluding hydrogens is 294 g/mol. The quantitative estimate of drug-likeness (QED) is 0.563. The fourth-order valence-electron chi connectivity index (χ4n) is 1.98. The Morgan fingerprint density at radius 3 is 2.43 bits per heavy atom. The van der Waals surface area contributed by atoms with Crippen LogP contribution < -0.4 is 4.90 Å². The number of fused-ring (bicyclic) bond motifs is 1. The summed E-state index contributed by atoms with van der Waals surface area (Å²) in [5.74, 6) is 0.724. The van der Waals surface area contributed by atoms with Crippen LogP contribution in [-0.2, 0) is 9.47 Å². The highest BCUT2D eigenvalue weighted by Crippen LogP contribution is 2.22. The van der Waals surface area contributed by atoms with Gasteiger partial charge in [0.05, 0.1) is 19.5 Å². The van der Waals surface area contributed by atoms with E-state index in [1.54, 1.807) is 6.33 Å². The second-order valence-corrected chi connectivity index (χ2v) is 4.64. The Labute approximate surface area is 128 Å². The first-order valence-electron chi connectivity index (χ1n) is 7.03. The van der Waals surface area contributed by atoms with Gasteiger partial charge in [0.1, 0.15) is 5.52 Å². The summed E-state index contributed by atoms with van der Waals surface area (Å²) in [6.07, 6.45) is 1.59. The van der Waals surface area contributed by atoms with Crippen molar-refractivity contribution in [3.63, 3.8) is 0 Å². The zero-order valence-electron chi connectivity index (χ0n) is 12.3. The Hall–Kier alpha value is -1.44. The maximum atomic E-state index is 5.98. The summed E-state index contributed by atoms with van der Waals surface area (Å²) < 4.78 is 10.9. The van der Waals surface area contributed by atoms with E-state index in [9.17, 15) is 0 Å². The van der Waals surface area contributed by atoms with Gasteiger partial charge in [-0.15, -0.1) is 0 Å². The Bertz CT molecular complexity index is 552. The summed E-state index contributed by atoms with van der Waals surface area (Å²) >= 11 is 5.98. The van der Waals surface area contributed by atoms with Crippen LogP contribution in [0.1, 0.15) is 13.8 Å². The highest BCUT2D eigenvalue weighted by molar-refractivity contribution is 6.28. The molecule has 0 amide bonds. The van der Waals surface area contributed by atoms with Crippen molar-refractivity contribution < 1.29 is 9.47 Å². The first-order valence-corrected chi connectivity index (χ1v) is 7.41. The molecule has 8 heteroatoms. The Kier molecular flexibility index (Phi) is 6.16. The predicted octanol–water partition coefficient (Wildman–Crippen LogP) is 1.89. The molecule has 0 bridgehead atoms. The van der Waals surface area contributed by atoms with Crippen LogP contribution in [0.15, 0.2) is 6.33 Å². The lowest BCUT2D eigenvalue weighted by atomic mass is 10.4. The van der Waals surface area contributed by atoms with Crippen LogP contribution in [0.2, 0.25) is 5.28 Å². The van der Waals surface area contributed by atoms with Gasteiger partial charge in [0.2, 0.25) is 5.28 Å². The summed E-state index contributed by atoms with van der Waals surface area (Å²) in [5, 5.41) is 0.183. The van der Waals surface area contributed by atoms with Crippen LogP contribution in [0.25, 0.3) is 11.2 Å². The molecule has 0 aromatic carbocycles. The lowest BCUT2D eigenvalue weighted by Gasteiger charge is -2.23. The third kappa shape index (κ3) is 4.26. The lowest BCUT2D eigenvalue weighted by molar-refractivity contribution is 0.141. The van der Waals surface area contributed by atoms with Crippen molar-refractivity contribution in [1.82, 2.24) is 19.9 Å². The average molecular weight is 314 g/mol. The first-order chi connectivity index (χ1) is 10.3. The number of rotatable bonds is 9. The minimum Gasteiger partial charge on any atom is -0.380 e. The summed E-state index contributed by atoms with van der Waals surface area (Å²) in [5.41, 5.74) is 1.33. The molecule has 2 rings (SSSR count). The van der Waals surface area contributed by atoms with Gasteiger partial charge in [-0.25, -0.2) is 4.98 Å². The van der Waals surface area contributed by atoms with E-state index in [2.05, 4.69) is 24.8 Å². The summed E-state index contributed by atoms with van der Waals surface area (Å²) in [7, 11) is 0. The van der Waals surface area contributed by atoms with Crippen LogP contribution in [-0.4, -0.2) is 59.5 Å². The monoisotopic (exact) mass is 313 g/mol. The van der Waals surface area contributed by atoms with Crippen molar-refractivity contribution >= 4 is 28.6 Å². The Balaban J connectivity index is 2.21. The van der Waals surface area contributed by atoms with E-state index in [1.807, 2.05) is 13.8 Å². The fourth-order valence-corrected chi connectivity index (χ4v) is 2.14. The van der Waals surface area contributed by atoms with Gasteiger partial charge < -0.3 is 19.4 Å². The van der Waals surface area contributed by atoms with Gasteiger partial charge in [-0.3, -0.25) is 0 Å². The van der Waals surface area contributed by atoms with Crippen LogP contribution in [0.3, 0.4) is 0 Å². The van der Waals surface area contributed by atoms with Gasteiger partial charge in [0, 0.05) is 26.3 Å². The van der Waals surface area contributed by atoms with E-state index in [0.29, 0.717) is 45.2 Å². The minimum atomic E-state index is 0.183. The molecule has 0 fully saturated rings. The Morgan fingerprint density at radius 2 is 1.81 bits per heavy atom. The van der Waals surface area contributed by atoms with Crippen molar-refractivity contribution in [3.8, 4) is 0 Å². The number of nitrogens with zero attached hydrogens (tertiary/aromatic N) is 4. The number of hydrogen-bond acceptors (Lipinski definition) is 6. The van der Waals surface area contributed by atoms with Gasteiger partial charge in [-0.05, 0) is 25.4 Å². The number of nitrogens with one attached hydrogen (secondary N) is 1. The van der Waals surface area contributed by atoms with E-state index < -0.39 is 0 Å². The molecule has 0 unspecified atom stereocenters. The molecule has 0 aliphatic carbocycles. The molecule has 7 nitrogen and oxygen atoms in total. The van der Waals surface area contributed by atoms with E-state index in [1.165, 1.54) is 0 Å². The smallest absolute Gasteiger partial charge is 0.226 e. The van der Waals surface area contributed by atoms with Gasteiger partial charge in [0.25, 0.3) is 0 Å². The van der Waals surface area contributed by atoms with Crippen molar-refractivity contribution in [3.05, 3.63) is 11.6 Å². The maximum Gasteiger partial charge on any atom is 0.226 e. The van der Waals surface area contributed by atoms with Crippen LogP contribution >= 0.6 is 11.6 Å². The van der Waals surface area contributed by atoms with E-state index >= 15 is 0 Å². The maximum absolute atomic E-state index is 5.98. The summed E-state index contributed by atoms with van der Waals surface area (Å²) in [6, 6.07) is 0. The zero-order valence-corrected chi connectivity index (χ0v) is 13.1. The number of imidazole rings is 1. The highest BCUT2D eigenvalue weighted by atomic mass is 35.5. The van der Waals surface area contributed by atoms with Crippen molar-refractivity contribution in [2.45, 2.75) is 13.8 Å². The molecule has 116 valence electrons. The number of aromatic nitrogens is 4. The van der Waals surface area contributed by atoms with Crippen molar-refractivity contribution in [1.29, 1.82) is 0 Å². The number of hydrogen-bond donors (Lipinski definition) is 1. The van der Waals surface area contributed by atoms with Crippen molar-refractivity contribution in [2.24, 2.45) is 0 Å². The molecule has 0 aliphatic heterocycles. The normalized spacial score (nSPS) is 11.2. The zero-order chi connectivity index (χ0) is 15.1. The number of halogens is 1. The topological polar surface area (TPSA) is 76.2 Å². The molecule has 0 saturated carbocycles. The molecule has 0 saturated heterocycles. The number of anilines is 1. The number of H-pyrrole nitrogens is 1. The summed E-state index contributed by atoms with van der Waals surface area (Å²) in [4.78, 5) is 17.7. The fraction of sp³-hybridized carbons (Fsp3) is 0.615. The van der Waals surface area contributed by atoms with E-state index in [0.717, 1.165) is 11.3 Å². The third-order valence-corrected chi connectivity index (χ3v) is 3.13. The van der Waals surface area contributed by atoms with E-state index in [-0.39, 0.29) is 5.28 Å². The van der Waals surface area contributed by atoms with E-state index in [4.69, 9.17) is 21.1 Å². The largest absolute Gasteiger partial charge is 0.380 e. The molecule has 2 aromatic heterocycles. The minimum absolute atomic E-state index is 0.183. The molecule has 21 heavy (non-hydrogen) atoms. The van der Waals surface area contributed by atoms with Crippen molar-refractivity contribution in [2.75, 3.05) is 44.4 Å². The molecule has 0 radical (unpaired) electrons. The Morgan fingerprint density at radius 1 is 1.14 bits per heavy atom. The second-order valence-electron chi connectivity index (χ2n) is 4.30. The van der Waals surface area contributed by atoms with Gasteiger partial charge >= 0.3 is 0 Å². The first kappa shape index (κ1) is 15.9. The molecular formula is C13H20ClN5O2. The van der Waals surface area contributed by atoms with Crippen LogP contribution in [0.5, 0.6) is 0 Å². The molecule has 0 spiro atoms. The third-order valence-electron chi connectivity index (χ3n) is 2.96. The number of ether oxygens (including phenoxy) is 2.